The van der Waals surface area contributed by atoms with Crippen LogP contribution in [-0.4, -0.2) is 18.8 Å². The van der Waals surface area contributed by atoms with Gasteiger partial charge in [-0.3, -0.25) is 0 Å². The molecule has 106 valence electrons. The van der Waals surface area contributed by atoms with Gasteiger partial charge in [0.05, 0.1) is 11.6 Å². The molecule has 2 rings (SSSR count). The molecule has 0 amide bonds. The summed E-state index contributed by atoms with van der Waals surface area (Å²) >= 11 is 3.35. The van der Waals surface area contributed by atoms with Crippen molar-refractivity contribution in [3.63, 3.8) is 0 Å². The van der Waals surface area contributed by atoms with Crippen molar-refractivity contribution in [3.05, 3.63) is 22.2 Å². The molecule has 0 radical (unpaired) electrons. The molecule has 3 nitrogen and oxygen atoms in total. The van der Waals surface area contributed by atoms with Crippen LogP contribution in [0.2, 0.25) is 0 Å². The van der Waals surface area contributed by atoms with Crippen molar-refractivity contribution < 1.29 is 9.84 Å². The first-order chi connectivity index (χ1) is 9.11. The lowest BCUT2D eigenvalue weighted by Crippen LogP contribution is -2.23. The van der Waals surface area contributed by atoms with Gasteiger partial charge in [-0.1, -0.05) is 19.8 Å². The summed E-state index contributed by atoms with van der Waals surface area (Å²) in [5.41, 5.74) is 1.12. The van der Waals surface area contributed by atoms with Crippen molar-refractivity contribution >= 4 is 15.9 Å². The van der Waals surface area contributed by atoms with E-state index in [1.165, 1.54) is 19.3 Å². The summed E-state index contributed by atoms with van der Waals surface area (Å²) in [4.78, 5) is 0. The van der Waals surface area contributed by atoms with Crippen molar-refractivity contribution in [2.45, 2.75) is 32.7 Å². The Labute approximate surface area is 123 Å². The highest BCUT2D eigenvalue weighted by atomic mass is 79.9. The fourth-order valence-electron chi connectivity index (χ4n) is 2.81. The molecule has 2 unspecified atom stereocenters. The van der Waals surface area contributed by atoms with E-state index in [-0.39, 0.29) is 5.75 Å². The van der Waals surface area contributed by atoms with Crippen molar-refractivity contribution in [2.24, 2.45) is 11.8 Å². The average Bonchev–Trinajstić information content (AvgIpc) is 2.79. The second-order valence-corrected chi connectivity index (χ2v) is 6.28. The smallest absolute Gasteiger partial charge is 0.172 e. The van der Waals surface area contributed by atoms with Crippen LogP contribution in [0.15, 0.2) is 16.6 Å². The van der Waals surface area contributed by atoms with Crippen LogP contribution in [0.25, 0.3) is 0 Å². The van der Waals surface area contributed by atoms with E-state index in [4.69, 9.17) is 4.74 Å². The maximum absolute atomic E-state index is 9.76. The predicted octanol–water partition coefficient (Wildman–Crippen LogP) is 3.69. The Morgan fingerprint density at radius 1 is 1.42 bits per heavy atom. The van der Waals surface area contributed by atoms with Crippen LogP contribution in [0.4, 0.5) is 0 Å². The fraction of sp³-hybridized carbons (Fsp3) is 0.600. The quantitative estimate of drug-likeness (QED) is 0.866. The van der Waals surface area contributed by atoms with E-state index in [0.717, 1.165) is 30.5 Å². The van der Waals surface area contributed by atoms with E-state index in [9.17, 15) is 5.11 Å². The Morgan fingerprint density at radius 2 is 2.21 bits per heavy atom. The monoisotopic (exact) mass is 327 g/mol. The summed E-state index contributed by atoms with van der Waals surface area (Å²) in [5, 5.41) is 13.3. The number of ether oxygens (including phenoxy) is 1. The van der Waals surface area contributed by atoms with Crippen LogP contribution in [0.5, 0.6) is 11.5 Å². The molecule has 0 saturated heterocycles. The molecule has 1 saturated carbocycles. The maximum atomic E-state index is 9.76. The first-order valence-electron chi connectivity index (χ1n) is 6.88. The summed E-state index contributed by atoms with van der Waals surface area (Å²) in [5.74, 6) is 2.33. The van der Waals surface area contributed by atoms with Crippen LogP contribution in [0.3, 0.4) is 0 Å². The second-order valence-electron chi connectivity index (χ2n) is 5.43. The largest absolute Gasteiger partial charge is 0.503 e. The van der Waals surface area contributed by atoms with E-state index in [1.54, 1.807) is 7.11 Å². The van der Waals surface area contributed by atoms with Gasteiger partial charge in [-0.15, -0.1) is 0 Å². The third kappa shape index (κ3) is 3.63. The number of benzene rings is 1. The van der Waals surface area contributed by atoms with Crippen LogP contribution in [0, 0.1) is 11.8 Å². The van der Waals surface area contributed by atoms with E-state index >= 15 is 0 Å². The zero-order valence-corrected chi connectivity index (χ0v) is 13.2. The molecule has 1 fully saturated rings. The average molecular weight is 328 g/mol. The summed E-state index contributed by atoms with van der Waals surface area (Å²) in [6.07, 6.45) is 4.08. The first kappa shape index (κ1) is 14.7. The van der Waals surface area contributed by atoms with Gasteiger partial charge in [-0.25, -0.2) is 0 Å². The molecule has 1 aliphatic carbocycles. The molecule has 0 heterocycles. The van der Waals surface area contributed by atoms with E-state index in [0.29, 0.717) is 10.2 Å². The number of nitrogens with one attached hydrogen (secondary N) is 1. The summed E-state index contributed by atoms with van der Waals surface area (Å²) in [6, 6.07) is 3.81. The number of halogens is 1. The number of phenolic OH excluding ortho intramolecular Hbond substituents is 1. The lowest BCUT2D eigenvalue weighted by Gasteiger charge is -2.16. The topological polar surface area (TPSA) is 41.5 Å². The lowest BCUT2D eigenvalue weighted by molar-refractivity contribution is 0.370. The third-order valence-electron chi connectivity index (χ3n) is 4.08. The molecule has 0 aliphatic heterocycles. The van der Waals surface area contributed by atoms with Gasteiger partial charge in [0.25, 0.3) is 0 Å². The van der Waals surface area contributed by atoms with Crippen LogP contribution in [-0.2, 0) is 6.54 Å². The molecule has 2 atom stereocenters. The number of phenols is 1. The third-order valence-corrected chi connectivity index (χ3v) is 4.69. The van der Waals surface area contributed by atoms with E-state index < -0.39 is 0 Å². The molecule has 0 spiro atoms. The highest BCUT2D eigenvalue weighted by Crippen LogP contribution is 2.35. The van der Waals surface area contributed by atoms with Gasteiger partial charge in [0.2, 0.25) is 0 Å². The summed E-state index contributed by atoms with van der Waals surface area (Å²) < 4.78 is 5.83. The van der Waals surface area contributed by atoms with Crippen LogP contribution >= 0.6 is 15.9 Å². The van der Waals surface area contributed by atoms with Crippen molar-refractivity contribution in [1.82, 2.24) is 5.32 Å². The normalized spacial score (nSPS) is 22.7. The number of aromatic hydroxyl groups is 1. The van der Waals surface area contributed by atoms with E-state index in [1.807, 2.05) is 12.1 Å². The van der Waals surface area contributed by atoms with Crippen molar-refractivity contribution in [1.29, 1.82) is 0 Å². The molecule has 1 aliphatic rings. The molecular formula is C15H22BrNO2. The first-order valence-corrected chi connectivity index (χ1v) is 7.67. The lowest BCUT2D eigenvalue weighted by atomic mass is 9.98. The fourth-order valence-corrected chi connectivity index (χ4v) is 3.30. The molecule has 1 aromatic rings. The highest BCUT2D eigenvalue weighted by Gasteiger charge is 2.22. The molecule has 1 aromatic carbocycles. The van der Waals surface area contributed by atoms with Crippen molar-refractivity contribution in [3.8, 4) is 11.5 Å². The minimum absolute atomic E-state index is 0.163. The van der Waals surface area contributed by atoms with E-state index in [2.05, 4.69) is 28.2 Å². The predicted molar refractivity (Wildman–Crippen MR) is 80.6 cm³/mol. The minimum Gasteiger partial charge on any atom is -0.503 e. The SMILES string of the molecule is COc1cc(CNCC2CCCC2C)cc(Br)c1O. The van der Waals surface area contributed by atoms with Crippen LogP contribution in [0.1, 0.15) is 31.7 Å². The van der Waals surface area contributed by atoms with Gasteiger partial charge in [-0.05, 0) is 58.4 Å². The number of rotatable bonds is 5. The van der Waals surface area contributed by atoms with Gasteiger partial charge in [0, 0.05) is 6.54 Å². The minimum atomic E-state index is 0.163. The Balaban J connectivity index is 1.90. The molecule has 2 N–H and O–H groups in total. The molecular weight excluding hydrogens is 306 g/mol. The Morgan fingerprint density at radius 3 is 2.84 bits per heavy atom. The number of hydrogen-bond donors (Lipinski definition) is 2. The molecule has 0 aromatic heterocycles. The molecule has 0 bridgehead atoms. The van der Waals surface area contributed by atoms with Gasteiger partial charge >= 0.3 is 0 Å². The second kappa shape index (κ2) is 6.62. The Kier molecular flexibility index (Phi) is 5.11. The molecule has 4 heteroatoms. The zero-order chi connectivity index (χ0) is 13.8. The van der Waals surface area contributed by atoms with Gasteiger partial charge < -0.3 is 15.2 Å². The Bertz CT molecular complexity index is 436. The summed E-state index contributed by atoms with van der Waals surface area (Å²) in [7, 11) is 1.57. The number of methoxy groups -OCH3 is 1. The zero-order valence-electron chi connectivity index (χ0n) is 11.6. The number of hydrogen-bond acceptors (Lipinski definition) is 3. The maximum Gasteiger partial charge on any atom is 0.172 e. The Hall–Kier alpha value is -0.740. The molecule has 19 heavy (non-hydrogen) atoms. The summed E-state index contributed by atoms with van der Waals surface area (Å²) in [6.45, 7) is 4.22. The van der Waals surface area contributed by atoms with Gasteiger partial charge in [-0.2, -0.15) is 0 Å². The standard InChI is InChI=1S/C15H22BrNO2/c1-10-4-3-5-12(10)9-17-8-11-6-13(16)15(18)14(7-11)19-2/h6-7,10,12,17-18H,3-5,8-9H2,1-2H3. The van der Waals surface area contributed by atoms with Gasteiger partial charge in [0.15, 0.2) is 11.5 Å². The van der Waals surface area contributed by atoms with Gasteiger partial charge in [0.1, 0.15) is 0 Å². The van der Waals surface area contributed by atoms with Crippen LogP contribution < -0.4 is 10.1 Å². The van der Waals surface area contributed by atoms with Crippen molar-refractivity contribution in [2.75, 3.05) is 13.7 Å². The highest BCUT2D eigenvalue weighted by molar-refractivity contribution is 9.10.